The summed E-state index contributed by atoms with van der Waals surface area (Å²) in [4.78, 5) is 63.3. The maximum Gasteiger partial charge on any atom is 0.323 e. The number of quaternary nitrogens is 1. The molecule has 0 fully saturated rings. The van der Waals surface area contributed by atoms with Crippen LogP contribution in [0.3, 0.4) is 0 Å². The Labute approximate surface area is 283 Å². The number of anilines is 4. The van der Waals surface area contributed by atoms with E-state index in [0.717, 1.165) is 4.48 Å². The fourth-order valence-electron chi connectivity index (χ4n) is 3.25. The highest BCUT2D eigenvalue weighted by molar-refractivity contribution is 6.00. The third-order valence-electron chi connectivity index (χ3n) is 5.34. The fraction of sp³-hybridized carbons (Fsp3) is 0.133. The number of amides is 4. The van der Waals surface area contributed by atoms with Gasteiger partial charge in [-0.3, -0.25) is 40.5 Å². The van der Waals surface area contributed by atoms with E-state index in [2.05, 4.69) is 49.5 Å². The van der Waals surface area contributed by atoms with Crippen molar-refractivity contribution in [2.45, 2.75) is 0 Å². The maximum absolute atomic E-state index is 11.7. The summed E-state index contributed by atoms with van der Waals surface area (Å²) in [5, 5.41) is 52.0. The van der Waals surface area contributed by atoms with Gasteiger partial charge in [0.2, 0.25) is 0 Å². The molecule has 0 aliphatic carbocycles. The van der Waals surface area contributed by atoms with Crippen molar-refractivity contribution in [2.24, 2.45) is 0 Å². The number of urea groups is 2. The molecule has 0 aliphatic rings. The van der Waals surface area contributed by atoms with Crippen LogP contribution in [0.5, 0.6) is 0 Å². The lowest BCUT2D eigenvalue weighted by molar-refractivity contribution is -0.849. The molecule has 19 nitrogen and oxygen atoms in total. The first-order valence-electron chi connectivity index (χ1n) is 13.8. The lowest BCUT2D eigenvalue weighted by Crippen LogP contribution is -3.00. The summed E-state index contributed by atoms with van der Waals surface area (Å²) in [6, 6.07) is 20.2. The third-order valence-corrected chi connectivity index (χ3v) is 5.34. The number of rotatable bonds is 8. The minimum atomic E-state index is -0.567. The number of halogens is 1. The second-order valence-corrected chi connectivity index (χ2v) is 11.1. The van der Waals surface area contributed by atoms with Gasteiger partial charge in [0.1, 0.15) is 0 Å². The summed E-state index contributed by atoms with van der Waals surface area (Å²) in [5.41, 5.74) is 1.19. The second kappa shape index (κ2) is 18.9. The van der Waals surface area contributed by atoms with E-state index < -0.39 is 31.8 Å². The minimum Gasteiger partial charge on any atom is -1.00 e. The normalized spacial score (nSPS) is 9.84. The zero-order valence-electron chi connectivity index (χ0n) is 26.9. The van der Waals surface area contributed by atoms with Gasteiger partial charge in [-0.25, -0.2) is 9.59 Å². The number of nitro groups is 4. The average Bonchev–Trinajstić information content (AvgIpc) is 3.01. The molecule has 264 valence electrons. The number of carbonyl (C=O) groups excluding carboxylic acids is 2. The Morgan fingerprint density at radius 3 is 0.680 bits per heavy atom. The van der Waals surface area contributed by atoms with Gasteiger partial charge in [0.25, 0.3) is 22.7 Å². The van der Waals surface area contributed by atoms with E-state index >= 15 is 0 Å². The number of benzene rings is 4. The van der Waals surface area contributed by atoms with Crippen molar-refractivity contribution in [3.05, 3.63) is 138 Å². The highest BCUT2D eigenvalue weighted by Crippen LogP contribution is 2.19. The molecule has 4 rings (SSSR count). The molecule has 0 bridgehead atoms. The van der Waals surface area contributed by atoms with Gasteiger partial charge in [-0.1, -0.05) is 0 Å². The van der Waals surface area contributed by atoms with Gasteiger partial charge in [-0.05, 0) is 48.5 Å². The predicted molar refractivity (Wildman–Crippen MR) is 182 cm³/mol. The molecule has 0 unspecified atom stereocenters. The van der Waals surface area contributed by atoms with E-state index in [0.29, 0.717) is 22.7 Å². The van der Waals surface area contributed by atoms with Crippen LogP contribution in [-0.2, 0) is 0 Å². The lowest BCUT2D eigenvalue weighted by Gasteiger charge is -2.14. The van der Waals surface area contributed by atoms with E-state index in [1.165, 1.54) is 97.1 Å². The maximum atomic E-state index is 11.7. The SMILES string of the molecule is C[N+](C)(C)C.O=C(Nc1ccc([N+](=O)[O-])cc1)Nc1ccc([N+](=O)[O-])cc1.O=C(Nc1ccc([N+](=O)[O-])cc1)Nc1ccc([N+](=O)[O-])cc1.[F-]. The van der Waals surface area contributed by atoms with Crippen molar-refractivity contribution in [3.8, 4) is 0 Å². The van der Waals surface area contributed by atoms with Crippen LogP contribution >= 0.6 is 0 Å². The van der Waals surface area contributed by atoms with Crippen molar-refractivity contribution < 1.29 is 38.5 Å². The van der Waals surface area contributed by atoms with Crippen LogP contribution in [0.2, 0.25) is 0 Å². The number of hydrogen-bond acceptors (Lipinski definition) is 10. The number of hydrogen-bond donors (Lipinski definition) is 4. The smallest absolute Gasteiger partial charge is 0.323 e. The van der Waals surface area contributed by atoms with E-state index in [4.69, 9.17) is 0 Å². The monoisotopic (exact) mass is 697 g/mol. The highest BCUT2D eigenvalue weighted by atomic mass is 19.0. The van der Waals surface area contributed by atoms with Crippen LogP contribution < -0.4 is 26.0 Å². The standard InChI is InChI=1S/2C13H10N4O5.C4H12N.FH/c2*18-13(14-9-1-5-11(6-2-9)16(19)20)15-10-3-7-12(8-4-10)17(21)22;1-5(2,3)4;/h2*1-8H,(H2,14,15,18);1-4H3;1H/q;;+1;/p-1. The molecule has 0 spiro atoms. The average molecular weight is 698 g/mol. The Morgan fingerprint density at radius 1 is 0.420 bits per heavy atom. The third kappa shape index (κ3) is 15.5. The van der Waals surface area contributed by atoms with Gasteiger partial charge in [0, 0.05) is 71.3 Å². The van der Waals surface area contributed by atoms with E-state index in [1.807, 2.05) is 0 Å². The van der Waals surface area contributed by atoms with E-state index in [1.54, 1.807) is 0 Å². The molecule has 0 radical (unpaired) electrons. The van der Waals surface area contributed by atoms with E-state index in [9.17, 15) is 50.0 Å². The van der Waals surface area contributed by atoms with Crippen molar-refractivity contribution in [1.82, 2.24) is 0 Å². The predicted octanol–water partition coefficient (Wildman–Crippen LogP) is 3.62. The number of nitrogens with zero attached hydrogens (tertiary/aromatic N) is 5. The van der Waals surface area contributed by atoms with Crippen LogP contribution in [0.25, 0.3) is 0 Å². The van der Waals surface area contributed by atoms with Gasteiger partial charge < -0.3 is 30.5 Å². The number of non-ortho nitro benzene ring substituents is 4. The molecule has 0 aromatic heterocycles. The molecule has 20 heteroatoms. The molecular weight excluding hydrogens is 665 g/mol. The summed E-state index contributed by atoms with van der Waals surface area (Å²) < 4.78 is 1.00. The number of nitrogens with one attached hydrogen (secondary N) is 4. The van der Waals surface area contributed by atoms with Gasteiger partial charge in [0.05, 0.1) is 47.9 Å². The van der Waals surface area contributed by atoms with Gasteiger partial charge >= 0.3 is 12.1 Å². The van der Waals surface area contributed by atoms with Crippen molar-refractivity contribution >= 4 is 57.6 Å². The topological polar surface area (TPSA) is 255 Å². The zero-order chi connectivity index (χ0) is 36.7. The zero-order valence-corrected chi connectivity index (χ0v) is 26.9. The molecule has 0 saturated heterocycles. The quantitative estimate of drug-likeness (QED) is 0.118. The summed E-state index contributed by atoms with van der Waals surface area (Å²) in [5.74, 6) is 0. The fourth-order valence-corrected chi connectivity index (χ4v) is 3.25. The number of carbonyl (C=O) groups is 2. The van der Waals surface area contributed by atoms with Crippen LogP contribution in [0, 0.1) is 40.5 Å². The van der Waals surface area contributed by atoms with Crippen molar-refractivity contribution in [1.29, 1.82) is 0 Å². The molecule has 50 heavy (non-hydrogen) atoms. The summed E-state index contributed by atoms with van der Waals surface area (Å²) in [6.07, 6.45) is 0. The van der Waals surface area contributed by atoms with Crippen molar-refractivity contribution in [3.63, 3.8) is 0 Å². The van der Waals surface area contributed by atoms with Crippen LogP contribution in [0.1, 0.15) is 0 Å². The van der Waals surface area contributed by atoms with E-state index in [-0.39, 0.29) is 27.5 Å². The van der Waals surface area contributed by atoms with Crippen molar-refractivity contribution in [2.75, 3.05) is 49.5 Å². The Balaban J connectivity index is 0.000000433. The summed E-state index contributed by atoms with van der Waals surface area (Å²) in [6.45, 7) is 0. The number of nitro benzene ring substituents is 4. The Morgan fingerprint density at radius 2 is 0.560 bits per heavy atom. The Hall–Kier alpha value is -7.09. The molecule has 4 aromatic rings. The van der Waals surface area contributed by atoms with Gasteiger partial charge in [0.15, 0.2) is 0 Å². The molecule has 0 aliphatic heterocycles. The first-order valence-corrected chi connectivity index (χ1v) is 13.8. The molecular formula is C30H32FN9O10. The molecule has 4 aromatic carbocycles. The Kier molecular flexibility index (Phi) is 15.5. The first kappa shape index (κ1) is 40.9. The van der Waals surface area contributed by atoms with Crippen LogP contribution in [0.4, 0.5) is 55.1 Å². The van der Waals surface area contributed by atoms with Gasteiger partial charge in [-0.2, -0.15) is 0 Å². The largest absolute Gasteiger partial charge is 1.00 e. The molecule has 4 N–H and O–H groups in total. The molecule has 0 saturated carbocycles. The molecule has 4 amide bonds. The highest BCUT2D eigenvalue weighted by Gasteiger charge is 2.10. The summed E-state index contributed by atoms with van der Waals surface area (Å²) >= 11 is 0. The lowest BCUT2D eigenvalue weighted by atomic mass is 10.3. The van der Waals surface area contributed by atoms with Gasteiger partial charge in [-0.15, -0.1) is 0 Å². The first-order chi connectivity index (χ1) is 22.9. The van der Waals surface area contributed by atoms with Crippen LogP contribution in [-0.4, -0.2) is 64.4 Å². The molecule has 0 heterocycles. The molecule has 0 atom stereocenters. The van der Waals surface area contributed by atoms with Crippen LogP contribution in [0.15, 0.2) is 97.1 Å². The minimum absolute atomic E-state index is 0. The Bertz CT molecular complexity index is 1530. The summed E-state index contributed by atoms with van der Waals surface area (Å²) in [7, 11) is 8.50. The second-order valence-electron chi connectivity index (χ2n) is 11.1.